The van der Waals surface area contributed by atoms with Gasteiger partial charge in [0.1, 0.15) is 17.5 Å². The second-order valence-electron chi connectivity index (χ2n) is 5.03. The van der Waals surface area contributed by atoms with E-state index in [2.05, 4.69) is 5.32 Å². The molecule has 3 nitrogen and oxygen atoms in total. The zero-order valence-corrected chi connectivity index (χ0v) is 13.3. The standard InChI is InChI=1S/C17H12F3NO2S/c1-23-8-10-15-11(19)3-2-4-14(15)24-16(10)17(22)21-13-6-5-9(18)7-12(13)20/h2-7H,8H2,1H3,(H,21,22). The van der Waals surface area contributed by atoms with Crippen molar-refractivity contribution in [3.8, 4) is 0 Å². The monoisotopic (exact) mass is 351 g/mol. The molecule has 0 aliphatic rings. The van der Waals surface area contributed by atoms with Gasteiger partial charge >= 0.3 is 0 Å². The molecule has 0 unspecified atom stereocenters. The van der Waals surface area contributed by atoms with Crippen LogP contribution in [0.1, 0.15) is 15.2 Å². The lowest BCUT2D eigenvalue weighted by Gasteiger charge is -2.07. The number of thiophene rings is 1. The number of nitrogens with one attached hydrogen (secondary N) is 1. The number of methoxy groups -OCH3 is 1. The van der Waals surface area contributed by atoms with Gasteiger partial charge < -0.3 is 10.1 Å². The van der Waals surface area contributed by atoms with E-state index in [1.807, 2.05) is 0 Å². The molecule has 0 aliphatic heterocycles. The fourth-order valence-corrected chi connectivity index (χ4v) is 3.52. The van der Waals surface area contributed by atoms with E-state index in [0.29, 0.717) is 21.7 Å². The molecule has 0 saturated heterocycles. The summed E-state index contributed by atoms with van der Waals surface area (Å²) in [5.74, 6) is -2.69. The van der Waals surface area contributed by atoms with Crippen LogP contribution < -0.4 is 5.32 Å². The number of carbonyl (C=O) groups excluding carboxylic acids is 1. The minimum Gasteiger partial charge on any atom is -0.380 e. The predicted molar refractivity (Wildman–Crippen MR) is 86.8 cm³/mol. The first kappa shape index (κ1) is 16.5. The number of hydrogen-bond acceptors (Lipinski definition) is 3. The molecule has 3 aromatic rings. The summed E-state index contributed by atoms with van der Waals surface area (Å²) in [5.41, 5.74) is 0.248. The lowest BCUT2D eigenvalue weighted by Crippen LogP contribution is -2.13. The van der Waals surface area contributed by atoms with E-state index in [4.69, 9.17) is 4.74 Å². The summed E-state index contributed by atoms with van der Waals surface area (Å²) in [6.45, 7) is 0.0373. The van der Waals surface area contributed by atoms with E-state index in [9.17, 15) is 18.0 Å². The summed E-state index contributed by atoms with van der Waals surface area (Å²) < 4.78 is 46.4. The van der Waals surface area contributed by atoms with Crippen LogP contribution in [-0.2, 0) is 11.3 Å². The number of ether oxygens (including phenoxy) is 1. The second kappa shape index (κ2) is 6.62. The topological polar surface area (TPSA) is 38.3 Å². The van der Waals surface area contributed by atoms with Gasteiger partial charge in [-0.1, -0.05) is 6.07 Å². The minimum atomic E-state index is -0.885. The van der Waals surface area contributed by atoms with Crippen LogP contribution in [0.2, 0.25) is 0 Å². The average Bonchev–Trinajstić information content (AvgIpc) is 2.91. The van der Waals surface area contributed by atoms with Gasteiger partial charge in [0.15, 0.2) is 0 Å². The largest absolute Gasteiger partial charge is 0.380 e. The quantitative estimate of drug-likeness (QED) is 0.739. The van der Waals surface area contributed by atoms with Gasteiger partial charge in [0.05, 0.1) is 17.2 Å². The number of anilines is 1. The number of benzene rings is 2. The van der Waals surface area contributed by atoms with Crippen LogP contribution >= 0.6 is 11.3 Å². The van der Waals surface area contributed by atoms with Gasteiger partial charge in [0.2, 0.25) is 0 Å². The Balaban J connectivity index is 2.03. The van der Waals surface area contributed by atoms with Crippen molar-refractivity contribution in [2.24, 2.45) is 0 Å². The minimum absolute atomic E-state index is 0.0373. The van der Waals surface area contributed by atoms with Crippen molar-refractivity contribution in [3.05, 3.63) is 64.3 Å². The molecule has 0 saturated carbocycles. The van der Waals surface area contributed by atoms with E-state index in [0.717, 1.165) is 23.5 Å². The number of carbonyl (C=O) groups is 1. The Morgan fingerprint density at radius 1 is 1.17 bits per heavy atom. The fourth-order valence-electron chi connectivity index (χ4n) is 2.40. The van der Waals surface area contributed by atoms with Crippen LogP contribution in [0.5, 0.6) is 0 Å². The van der Waals surface area contributed by atoms with Gasteiger partial charge in [-0.3, -0.25) is 4.79 Å². The summed E-state index contributed by atoms with van der Waals surface area (Å²) in [6, 6.07) is 7.39. The summed E-state index contributed by atoms with van der Waals surface area (Å²) in [6.07, 6.45) is 0. The number of halogens is 3. The van der Waals surface area contributed by atoms with Crippen molar-refractivity contribution in [2.45, 2.75) is 6.61 Å². The second-order valence-corrected chi connectivity index (χ2v) is 6.09. The first-order valence-electron chi connectivity index (χ1n) is 6.96. The first-order valence-corrected chi connectivity index (χ1v) is 7.78. The Kier molecular flexibility index (Phi) is 4.55. The van der Waals surface area contributed by atoms with Crippen LogP contribution in [0, 0.1) is 17.5 Å². The molecular formula is C17H12F3NO2S. The van der Waals surface area contributed by atoms with Crippen molar-refractivity contribution in [1.29, 1.82) is 0 Å². The molecule has 3 rings (SSSR count). The van der Waals surface area contributed by atoms with Gasteiger partial charge in [-0.2, -0.15) is 0 Å². The molecule has 7 heteroatoms. The lowest BCUT2D eigenvalue weighted by atomic mass is 10.1. The predicted octanol–water partition coefficient (Wildman–Crippen LogP) is 4.72. The van der Waals surface area contributed by atoms with Gasteiger partial charge in [0.25, 0.3) is 5.91 Å². The molecule has 24 heavy (non-hydrogen) atoms. The van der Waals surface area contributed by atoms with Crippen LogP contribution in [0.4, 0.5) is 18.9 Å². The van der Waals surface area contributed by atoms with Gasteiger partial charge in [-0.15, -0.1) is 11.3 Å². The number of fused-ring (bicyclic) bond motifs is 1. The van der Waals surface area contributed by atoms with Crippen molar-refractivity contribution in [3.63, 3.8) is 0 Å². The zero-order valence-electron chi connectivity index (χ0n) is 12.5. The Morgan fingerprint density at radius 3 is 2.67 bits per heavy atom. The van der Waals surface area contributed by atoms with Crippen LogP contribution in [0.25, 0.3) is 10.1 Å². The number of amides is 1. The normalized spacial score (nSPS) is 11.0. The molecular weight excluding hydrogens is 339 g/mol. The molecule has 0 radical (unpaired) electrons. The summed E-state index contributed by atoms with van der Waals surface area (Å²) >= 11 is 1.09. The third kappa shape index (κ3) is 3.00. The van der Waals surface area contributed by atoms with Crippen LogP contribution in [0.3, 0.4) is 0 Å². The molecule has 1 aromatic heterocycles. The summed E-state index contributed by atoms with van der Waals surface area (Å²) in [7, 11) is 1.44. The maximum Gasteiger partial charge on any atom is 0.266 e. The maximum atomic E-state index is 14.1. The first-order chi connectivity index (χ1) is 11.5. The molecule has 124 valence electrons. The Labute approximate surface area is 139 Å². The van der Waals surface area contributed by atoms with Crippen LogP contribution in [-0.4, -0.2) is 13.0 Å². The summed E-state index contributed by atoms with van der Waals surface area (Å²) in [4.78, 5) is 12.7. The van der Waals surface area contributed by atoms with Crippen molar-refractivity contribution in [2.75, 3.05) is 12.4 Å². The highest BCUT2D eigenvalue weighted by Gasteiger charge is 2.21. The average molecular weight is 351 g/mol. The zero-order chi connectivity index (χ0) is 17.3. The summed E-state index contributed by atoms with van der Waals surface area (Å²) in [5, 5.41) is 2.70. The molecule has 0 atom stereocenters. The molecule has 1 N–H and O–H groups in total. The van der Waals surface area contributed by atoms with Crippen molar-refractivity contribution in [1.82, 2.24) is 0 Å². The fraction of sp³-hybridized carbons (Fsp3) is 0.118. The Bertz CT molecular complexity index is 924. The van der Waals surface area contributed by atoms with Gasteiger partial charge in [-0.05, 0) is 24.3 Å². The molecule has 0 fully saturated rings. The molecule has 0 spiro atoms. The SMILES string of the molecule is COCc1c(C(=O)Nc2ccc(F)cc2F)sc2cccc(F)c12. The van der Waals surface area contributed by atoms with Gasteiger partial charge in [0, 0.05) is 28.8 Å². The van der Waals surface area contributed by atoms with Crippen LogP contribution in [0.15, 0.2) is 36.4 Å². The van der Waals surface area contributed by atoms with E-state index >= 15 is 0 Å². The third-order valence-electron chi connectivity index (χ3n) is 3.44. The number of rotatable bonds is 4. The van der Waals surface area contributed by atoms with E-state index < -0.39 is 23.4 Å². The molecule has 0 aliphatic carbocycles. The van der Waals surface area contributed by atoms with E-state index in [1.165, 1.54) is 13.2 Å². The van der Waals surface area contributed by atoms with Crippen molar-refractivity contribution >= 4 is 33.0 Å². The Hall–Kier alpha value is -2.38. The highest BCUT2D eigenvalue weighted by Crippen LogP contribution is 2.34. The van der Waals surface area contributed by atoms with Gasteiger partial charge in [-0.25, -0.2) is 13.2 Å². The van der Waals surface area contributed by atoms with E-state index in [1.54, 1.807) is 12.1 Å². The molecule has 1 amide bonds. The Morgan fingerprint density at radius 2 is 1.96 bits per heavy atom. The lowest BCUT2D eigenvalue weighted by molar-refractivity contribution is 0.102. The maximum absolute atomic E-state index is 14.1. The van der Waals surface area contributed by atoms with E-state index in [-0.39, 0.29) is 17.2 Å². The number of hydrogen-bond donors (Lipinski definition) is 1. The molecule has 1 heterocycles. The highest BCUT2D eigenvalue weighted by molar-refractivity contribution is 7.21. The molecule has 0 bridgehead atoms. The third-order valence-corrected chi connectivity index (χ3v) is 4.63. The smallest absolute Gasteiger partial charge is 0.266 e. The van der Waals surface area contributed by atoms with Crippen molar-refractivity contribution < 1.29 is 22.7 Å². The highest BCUT2D eigenvalue weighted by atomic mass is 32.1. The molecule has 2 aromatic carbocycles.